The van der Waals surface area contributed by atoms with Gasteiger partial charge in [0.1, 0.15) is 0 Å². The predicted octanol–water partition coefficient (Wildman–Crippen LogP) is 1.37. The lowest BCUT2D eigenvalue weighted by Gasteiger charge is -2.18. The van der Waals surface area contributed by atoms with Crippen molar-refractivity contribution in [3.05, 3.63) is 30.3 Å². The van der Waals surface area contributed by atoms with Crippen molar-refractivity contribution in [2.45, 2.75) is 32.4 Å². The van der Waals surface area contributed by atoms with E-state index in [0.717, 1.165) is 5.69 Å². The Kier molecular flexibility index (Phi) is 5.66. The Morgan fingerprint density at radius 1 is 1.29 bits per heavy atom. The molecule has 0 aliphatic heterocycles. The van der Waals surface area contributed by atoms with Crippen molar-refractivity contribution in [2.24, 2.45) is 0 Å². The van der Waals surface area contributed by atoms with E-state index in [1.54, 1.807) is 0 Å². The van der Waals surface area contributed by atoms with Crippen LogP contribution in [0.2, 0.25) is 0 Å². The SMILES string of the molecule is CC(CCO)NC(C)C(=O)Nc1ccccc1. The first-order valence-electron chi connectivity index (χ1n) is 5.86. The fourth-order valence-electron chi connectivity index (χ4n) is 1.55. The standard InChI is InChI=1S/C13H20N2O2/c1-10(8-9-16)14-11(2)13(17)15-12-6-4-3-5-7-12/h3-7,10-11,14,16H,8-9H2,1-2H3,(H,15,17). The molecule has 0 radical (unpaired) electrons. The molecular formula is C13H20N2O2. The number of carbonyl (C=O) groups is 1. The van der Waals surface area contributed by atoms with Crippen LogP contribution in [0.4, 0.5) is 5.69 Å². The molecule has 0 heterocycles. The van der Waals surface area contributed by atoms with E-state index >= 15 is 0 Å². The van der Waals surface area contributed by atoms with Crippen molar-refractivity contribution in [1.29, 1.82) is 0 Å². The molecule has 0 aliphatic carbocycles. The number of rotatable bonds is 6. The molecule has 1 amide bonds. The number of hydrogen-bond acceptors (Lipinski definition) is 3. The third-order valence-corrected chi connectivity index (χ3v) is 2.53. The minimum absolute atomic E-state index is 0.0685. The number of aliphatic hydroxyl groups excluding tert-OH is 1. The third kappa shape index (κ3) is 4.97. The van der Waals surface area contributed by atoms with Gasteiger partial charge in [0, 0.05) is 18.3 Å². The number of hydrogen-bond donors (Lipinski definition) is 3. The highest BCUT2D eigenvalue weighted by molar-refractivity contribution is 5.94. The molecule has 0 fully saturated rings. The molecule has 4 nitrogen and oxygen atoms in total. The van der Waals surface area contributed by atoms with Gasteiger partial charge in [0.25, 0.3) is 0 Å². The molecule has 17 heavy (non-hydrogen) atoms. The molecule has 0 aliphatic rings. The Morgan fingerprint density at radius 2 is 1.94 bits per heavy atom. The minimum atomic E-state index is -0.281. The van der Waals surface area contributed by atoms with Crippen LogP contribution in [0, 0.1) is 0 Å². The molecule has 3 N–H and O–H groups in total. The van der Waals surface area contributed by atoms with Crippen LogP contribution in [0.15, 0.2) is 30.3 Å². The Morgan fingerprint density at radius 3 is 2.53 bits per heavy atom. The number of amides is 1. The van der Waals surface area contributed by atoms with E-state index in [2.05, 4.69) is 10.6 Å². The number of nitrogens with one attached hydrogen (secondary N) is 2. The van der Waals surface area contributed by atoms with Crippen molar-refractivity contribution in [1.82, 2.24) is 5.32 Å². The smallest absolute Gasteiger partial charge is 0.241 e. The quantitative estimate of drug-likeness (QED) is 0.699. The first-order chi connectivity index (χ1) is 8.13. The summed E-state index contributed by atoms with van der Waals surface area (Å²) in [7, 11) is 0. The largest absolute Gasteiger partial charge is 0.396 e. The molecule has 4 heteroatoms. The third-order valence-electron chi connectivity index (χ3n) is 2.53. The molecule has 0 saturated heterocycles. The first-order valence-corrected chi connectivity index (χ1v) is 5.86. The summed E-state index contributed by atoms with van der Waals surface area (Å²) in [6.45, 7) is 3.88. The zero-order valence-corrected chi connectivity index (χ0v) is 10.3. The van der Waals surface area contributed by atoms with Crippen LogP contribution in [-0.4, -0.2) is 29.7 Å². The normalized spacial score (nSPS) is 14.1. The Bertz CT molecular complexity index is 341. The summed E-state index contributed by atoms with van der Waals surface area (Å²) < 4.78 is 0. The Labute approximate surface area is 102 Å². The maximum absolute atomic E-state index is 11.8. The number of carbonyl (C=O) groups excluding carboxylic acids is 1. The lowest BCUT2D eigenvalue weighted by molar-refractivity contribution is -0.118. The summed E-state index contributed by atoms with van der Waals surface area (Å²) >= 11 is 0. The molecule has 1 aromatic carbocycles. The van der Waals surface area contributed by atoms with Gasteiger partial charge in [-0.3, -0.25) is 4.79 Å². The van der Waals surface area contributed by atoms with Crippen LogP contribution in [-0.2, 0) is 4.79 Å². The minimum Gasteiger partial charge on any atom is -0.396 e. The summed E-state index contributed by atoms with van der Waals surface area (Å²) in [6, 6.07) is 9.20. The van der Waals surface area contributed by atoms with Gasteiger partial charge in [0.2, 0.25) is 5.91 Å². The highest BCUT2D eigenvalue weighted by Gasteiger charge is 2.14. The second-order valence-electron chi connectivity index (χ2n) is 4.16. The lowest BCUT2D eigenvalue weighted by atomic mass is 10.2. The molecule has 0 bridgehead atoms. The predicted molar refractivity (Wildman–Crippen MR) is 68.8 cm³/mol. The van der Waals surface area contributed by atoms with Crippen molar-refractivity contribution in [2.75, 3.05) is 11.9 Å². The maximum atomic E-state index is 11.8. The van der Waals surface area contributed by atoms with Gasteiger partial charge >= 0.3 is 0 Å². The van der Waals surface area contributed by atoms with Crippen LogP contribution in [0.5, 0.6) is 0 Å². The van der Waals surface area contributed by atoms with Gasteiger partial charge in [-0.15, -0.1) is 0 Å². The van der Waals surface area contributed by atoms with Crippen molar-refractivity contribution in [3.8, 4) is 0 Å². The van der Waals surface area contributed by atoms with Crippen molar-refractivity contribution >= 4 is 11.6 Å². The molecule has 1 aromatic rings. The van der Waals surface area contributed by atoms with E-state index < -0.39 is 0 Å². The molecule has 1 rings (SSSR count). The van der Waals surface area contributed by atoms with E-state index in [4.69, 9.17) is 5.11 Å². The highest BCUT2D eigenvalue weighted by atomic mass is 16.3. The van der Waals surface area contributed by atoms with Crippen LogP contribution < -0.4 is 10.6 Å². The molecule has 0 spiro atoms. The molecular weight excluding hydrogens is 216 g/mol. The van der Waals surface area contributed by atoms with Gasteiger partial charge < -0.3 is 15.7 Å². The summed E-state index contributed by atoms with van der Waals surface area (Å²) in [5, 5.41) is 14.7. The van der Waals surface area contributed by atoms with Gasteiger partial charge in [-0.1, -0.05) is 18.2 Å². The first kappa shape index (κ1) is 13.7. The lowest BCUT2D eigenvalue weighted by Crippen LogP contribution is -2.43. The van der Waals surface area contributed by atoms with Crippen molar-refractivity contribution in [3.63, 3.8) is 0 Å². The zero-order valence-electron chi connectivity index (χ0n) is 10.3. The van der Waals surface area contributed by atoms with E-state index in [-0.39, 0.29) is 24.6 Å². The van der Waals surface area contributed by atoms with Crippen LogP contribution >= 0.6 is 0 Å². The fourth-order valence-corrected chi connectivity index (χ4v) is 1.55. The molecule has 0 saturated carbocycles. The Balaban J connectivity index is 2.42. The summed E-state index contributed by atoms with van der Waals surface area (Å²) in [4.78, 5) is 11.8. The highest BCUT2D eigenvalue weighted by Crippen LogP contribution is 2.05. The number of aliphatic hydroxyl groups is 1. The number of para-hydroxylation sites is 1. The fraction of sp³-hybridized carbons (Fsp3) is 0.462. The van der Waals surface area contributed by atoms with Gasteiger partial charge in [-0.2, -0.15) is 0 Å². The van der Waals surface area contributed by atoms with Gasteiger partial charge in [-0.25, -0.2) is 0 Å². The molecule has 0 aromatic heterocycles. The average molecular weight is 236 g/mol. The second kappa shape index (κ2) is 7.04. The van der Waals surface area contributed by atoms with Gasteiger partial charge in [0.05, 0.1) is 6.04 Å². The molecule has 2 atom stereocenters. The summed E-state index contributed by atoms with van der Waals surface area (Å²) in [5.41, 5.74) is 0.793. The summed E-state index contributed by atoms with van der Waals surface area (Å²) in [5.74, 6) is -0.0685. The van der Waals surface area contributed by atoms with Crippen molar-refractivity contribution < 1.29 is 9.90 Å². The summed E-state index contributed by atoms with van der Waals surface area (Å²) in [6.07, 6.45) is 0.642. The molecule has 2 unspecified atom stereocenters. The number of anilines is 1. The maximum Gasteiger partial charge on any atom is 0.241 e. The van der Waals surface area contributed by atoms with Crippen LogP contribution in [0.3, 0.4) is 0 Å². The zero-order chi connectivity index (χ0) is 12.7. The van der Waals surface area contributed by atoms with E-state index in [1.807, 2.05) is 44.2 Å². The second-order valence-corrected chi connectivity index (χ2v) is 4.16. The van der Waals surface area contributed by atoms with Crippen LogP contribution in [0.25, 0.3) is 0 Å². The Hall–Kier alpha value is -1.39. The van der Waals surface area contributed by atoms with E-state index in [0.29, 0.717) is 6.42 Å². The average Bonchev–Trinajstić information content (AvgIpc) is 2.30. The van der Waals surface area contributed by atoms with E-state index in [9.17, 15) is 4.79 Å². The monoisotopic (exact) mass is 236 g/mol. The van der Waals surface area contributed by atoms with Gasteiger partial charge in [-0.05, 0) is 32.4 Å². The van der Waals surface area contributed by atoms with E-state index in [1.165, 1.54) is 0 Å². The topological polar surface area (TPSA) is 61.4 Å². The van der Waals surface area contributed by atoms with Crippen LogP contribution in [0.1, 0.15) is 20.3 Å². The number of benzene rings is 1. The van der Waals surface area contributed by atoms with Gasteiger partial charge in [0.15, 0.2) is 0 Å². The molecule has 94 valence electrons.